The molecule has 9 heteroatoms. The van der Waals surface area contributed by atoms with Gasteiger partial charge in [0.15, 0.2) is 0 Å². The maximum atomic E-state index is 12.9. The molecule has 4 amide bonds. The van der Waals surface area contributed by atoms with Crippen LogP contribution in [0.5, 0.6) is 0 Å². The van der Waals surface area contributed by atoms with Crippen LogP contribution in [0.15, 0.2) is 43.1 Å². The molecule has 162 valence electrons. The van der Waals surface area contributed by atoms with Crippen LogP contribution >= 0.6 is 0 Å². The standard InChI is InChI=1S/C22H25N5O4/c1-4-8-17(20(23)29)26-22(31)18(27-21(30)13(3)25-19(28)5-2)11-14-12-24-16-10-7-6-9-15(14)16/h1,5-7,9-10,12-13,17-18,24H,2,8,11H2,3H3,(H2,23,29)(H,25,28)(H,26,31)(H,27,30)/t13-,17-,18-/m0/s1. The second-order valence-corrected chi connectivity index (χ2v) is 6.93. The summed E-state index contributed by atoms with van der Waals surface area (Å²) in [6, 6.07) is 4.46. The normalized spacial score (nSPS) is 13.3. The molecule has 1 aromatic heterocycles. The zero-order valence-corrected chi connectivity index (χ0v) is 17.1. The maximum Gasteiger partial charge on any atom is 0.244 e. The molecule has 1 heterocycles. The van der Waals surface area contributed by atoms with Gasteiger partial charge >= 0.3 is 0 Å². The summed E-state index contributed by atoms with van der Waals surface area (Å²) in [5.41, 5.74) is 6.96. The Morgan fingerprint density at radius 3 is 2.48 bits per heavy atom. The van der Waals surface area contributed by atoms with Crippen molar-refractivity contribution in [3.8, 4) is 12.3 Å². The Labute approximate surface area is 179 Å². The van der Waals surface area contributed by atoms with Gasteiger partial charge in [-0.25, -0.2) is 0 Å². The van der Waals surface area contributed by atoms with Gasteiger partial charge in [0.25, 0.3) is 0 Å². The van der Waals surface area contributed by atoms with Gasteiger partial charge < -0.3 is 26.7 Å². The highest BCUT2D eigenvalue weighted by atomic mass is 16.2. The lowest BCUT2D eigenvalue weighted by Crippen LogP contribution is -2.56. The van der Waals surface area contributed by atoms with E-state index in [0.717, 1.165) is 22.5 Å². The van der Waals surface area contributed by atoms with Crippen LogP contribution in [-0.4, -0.2) is 46.7 Å². The first-order valence-electron chi connectivity index (χ1n) is 9.58. The van der Waals surface area contributed by atoms with Gasteiger partial charge in [0, 0.05) is 29.9 Å². The summed E-state index contributed by atoms with van der Waals surface area (Å²) in [4.78, 5) is 51.7. The van der Waals surface area contributed by atoms with E-state index in [1.165, 1.54) is 6.92 Å². The third-order valence-electron chi connectivity index (χ3n) is 4.65. The summed E-state index contributed by atoms with van der Waals surface area (Å²) in [7, 11) is 0. The molecule has 9 nitrogen and oxygen atoms in total. The Morgan fingerprint density at radius 2 is 1.84 bits per heavy atom. The lowest BCUT2D eigenvalue weighted by atomic mass is 10.0. The summed E-state index contributed by atoms with van der Waals surface area (Å²) in [6.07, 6.45) is 8.07. The molecule has 0 fully saturated rings. The first kappa shape index (κ1) is 23.2. The Bertz CT molecular complexity index is 1040. The average molecular weight is 423 g/mol. The molecule has 0 saturated carbocycles. The molecule has 2 rings (SSSR count). The number of nitrogens with two attached hydrogens (primary N) is 1. The number of hydrogen-bond donors (Lipinski definition) is 5. The molecule has 0 radical (unpaired) electrons. The fourth-order valence-electron chi connectivity index (χ4n) is 2.98. The summed E-state index contributed by atoms with van der Waals surface area (Å²) in [6.45, 7) is 4.81. The fraction of sp³-hybridized carbons (Fsp3) is 0.273. The monoisotopic (exact) mass is 423 g/mol. The van der Waals surface area contributed by atoms with Crippen molar-refractivity contribution in [3.63, 3.8) is 0 Å². The van der Waals surface area contributed by atoms with E-state index in [-0.39, 0.29) is 12.8 Å². The average Bonchev–Trinajstić information content (AvgIpc) is 3.15. The third-order valence-corrected chi connectivity index (χ3v) is 4.65. The molecule has 0 bridgehead atoms. The molecule has 0 saturated heterocycles. The Hall–Kier alpha value is -4.06. The van der Waals surface area contributed by atoms with Crippen LogP contribution in [0.2, 0.25) is 0 Å². The van der Waals surface area contributed by atoms with E-state index in [2.05, 4.69) is 33.4 Å². The molecule has 0 unspecified atom stereocenters. The second-order valence-electron chi connectivity index (χ2n) is 6.93. The number of rotatable bonds is 10. The van der Waals surface area contributed by atoms with Crippen molar-refractivity contribution in [1.29, 1.82) is 0 Å². The van der Waals surface area contributed by atoms with E-state index in [0.29, 0.717) is 0 Å². The first-order valence-corrected chi connectivity index (χ1v) is 9.58. The topological polar surface area (TPSA) is 146 Å². The van der Waals surface area contributed by atoms with Gasteiger partial charge in [0.2, 0.25) is 23.6 Å². The molecule has 0 aliphatic carbocycles. The van der Waals surface area contributed by atoms with Gasteiger partial charge in [-0.3, -0.25) is 19.2 Å². The molecule has 6 N–H and O–H groups in total. The lowest BCUT2D eigenvalue weighted by Gasteiger charge is -2.23. The van der Waals surface area contributed by atoms with Crippen molar-refractivity contribution >= 4 is 34.5 Å². The smallest absolute Gasteiger partial charge is 0.244 e. The van der Waals surface area contributed by atoms with Crippen LogP contribution < -0.4 is 21.7 Å². The number of hydrogen-bond acceptors (Lipinski definition) is 4. The highest BCUT2D eigenvalue weighted by molar-refractivity contribution is 5.96. The molecule has 0 aliphatic rings. The van der Waals surface area contributed by atoms with Crippen LogP contribution in [-0.2, 0) is 25.6 Å². The predicted molar refractivity (Wildman–Crippen MR) is 116 cm³/mol. The number of benzene rings is 1. The zero-order chi connectivity index (χ0) is 23.0. The van der Waals surface area contributed by atoms with Crippen LogP contribution in [0.1, 0.15) is 18.9 Å². The van der Waals surface area contributed by atoms with Crippen LogP contribution in [0.4, 0.5) is 0 Å². The quantitative estimate of drug-likeness (QED) is 0.268. The summed E-state index contributed by atoms with van der Waals surface area (Å²) >= 11 is 0. The molecular formula is C22H25N5O4. The number of H-pyrrole nitrogens is 1. The Morgan fingerprint density at radius 1 is 1.16 bits per heavy atom. The minimum atomic E-state index is -1.07. The minimum Gasteiger partial charge on any atom is -0.368 e. The number of carbonyl (C=O) groups excluding carboxylic acids is 4. The zero-order valence-electron chi connectivity index (χ0n) is 17.1. The van der Waals surface area contributed by atoms with Crippen molar-refractivity contribution in [2.75, 3.05) is 0 Å². The number of aromatic amines is 1. The lowest BCUT2D eigenvalue weighted by molar-refractivity contribution is -0.132. The summed E-state index contributed by atoms with van der Waals surface area (Å²) < 4.78 is 0. The molecule has 31 heavy (non-hydrogen) atoms. The van der Waals surface area contributed by atoms with Gasteiger partial charge in [-0.05, 0) is 24.6 Å². The highest BCUT2D eigenvalue weighted by Gasteiger charge is 2.28. The molecule has 3 atom stereocenters. The van der Waals surface area contributed by atoms with Crippen LogP contribution in [0.3, 0.4) is 0 Å². The number of aromatic nitrogens is 1. The van der Waals surface area contributed by atoms with Crippen molar-refractivity contribution < 1.29 is 19.2 Å². The third kappa shape index (κ3) is 6.21. The fourth-order valence-corrected chi connectivity index (χ4v) is 2.98. The highest BCUT2D eigenvalue weighted by Crippen LogP contribution is 2.19. The number of terminal acetylenes is 1. The van der Waals surface area contributed by atoms with Crippen LogP contribution in [0.25, 0.3) is 10.9 Å². The second kappa shape index (κ2) is 10.6. The molecular weight excluding hydrogens is 398 g/mol. The van der Waals surface area contributed by atoms with Crippen molar-refractivity contribution in [1.82, 2.24) is 20.9 Å². The van der Waals surface area contributed by atoms with E-state index >= 15 is 0 Å². The molecule has 0 spiro atoms. The van der Waals surface area contributed by atoms with E-state index in [1.807, 2.05) is 24.3 Å². The minimum absolute atomic E-state index is 0.0827. The van der Waals surface area contributed by atoms with Gasteiger partial charge in [-0.15, -0.1) is 12.3 Å². The van der Waals surface area contributed by atoms with E-state index in [1.54, 1.807) is 6.20 Å². The Balaban J connectivity index is 2.25. The van der Waals surface area contributed by atoms with E-state index < -0.39 is 41.8 Å². The summed E-state index contributed by atoms with van der Waals surface area (Å²) in [5.74, 6) is -0.228. The SMILES string of the molecule is C#CC[C@H](NC(=O)[C@H](Cc1c[nH]c2ccccc12)NC(=O)[C@H](C)NC(=O)C=C)C(N)=O. The predicted octanol–water partition coefficient (Wildman–Crippen LogP) is -0.121. The first-order chi connectivity index (χ1) is 14.8. The number of nitrogens with one attached hydrogen (secondary N) is 4. The summed E-state index contributed by atoms with van der Waals surface area (Å²) in [5, 5.41) is 8.43. The van der Waals surface area contributed by atoms with E-state index in [9.17, 15) is 19.2 Å². The maximum absolute atomic E-state index is 12.9. The number of para-hydroxylation sites is 1. The van der Waals surface area contributed by atoms with Crippen molar-refractivity contribution in [3.05, 3.63) is 48.7 Å². The number of primary amides is 1. The van der Waals surface area contributed by atoms with Crippen LogP contribution in [0, 0.1) is 12.3 Å². The van der Waals surface area contributed by atoms with Gasteiger partial charge in [0.1, 0.15) is 18.1 Å². The Kier molecular flexibility index (Phi) is 7.97. The number of carbonyl (C=O) groups is 4. The largest absolute Gasteiger partial charge is 0.368 e. The van der Waals surface area contributed by atoms with Crippen molar-refractivity contribution in [2.45, 2.75) is 37.9 Å². The van der Waals surface area contributed by atoms with Gasteiger partial charge in [-0.2, -0.15) is 0 Å². The number of fused-ring (bicyclic) bond motifs is 1. The van der Waals surface area contributed by atoms with E-state index in [4.69, 9.17) is 12.2 Å². The molecule has 2 aromatic rings. The van der Waals surface area contributed by atoms with Gasteiger partial charge in [0.05, 0.1) is 0 Å². The van der Waals surface area contributed by atoms with Gasteiger partial charge in [-0.1, -0.05) is 24.8 Å². The molecule has 1 aromatic carbocycles. The van der Waals surface area contributed by atoms with Crippen molar-refractivity contribution in [2.24, 2.45) is 5.73 Å². The number of amides is 4. The molecule has 0 aliphatic heterocycles.